The first-order chi connectivity index (χ1) is 8.25. The van der Waals surface area contributed by atoms with Crippen LogP contribution in [0, 0.1) is 6.92 Å². The quantitative estimate of drug-likeness (QED) is 0.581. The van der Waals surface area contributed by atoms with Crippen molar-refractivity contribution in [1.82, 2.24) is 4.98 Å². The van der Waals surface area contributed by atoms with Crippen LogP contribution < -0.4 is 0 Å². The van der Waals surface area contributed by atoms with Crippen molar-refractivity contribution >= 4 is 16.9 Å². The van der Waals surface area contributed by atoms with Gasteiger partial charge in [-0.1, -0.05) is 12.1 Å². The van der Waals surface area contributed by atoms with Crippen LogP contribution in [0.4, 0.5) is 0 Å². The summed E-state index contributed by atoms with van der Waals surface area (Å²) in [5, 5.41) is 2.31. The summed E-state index contributed by atoms with van der Waals surface area (Å²) in [7, 11) is 0. The minimum absolute atomic E-state index is 0.292. The molecule has 1 aliphatic rings. The number of aliphatic imine (C=N–C) groups is 1. The molecule has 0 spiro atoms. The molecule has 1 aromatic heterocycles. The molecule has 0 bridgehead atoms. The highest BCUT2D eigenvalue weighted by molar-refractivity contribution is 5.85. The van der Waals surface area contributed by atoms with Gasteiger partial charge in [-0.2, -0.15) is 4.99 Å². The van der Waals surface area contributed by atoms with E-state index in [9.17, 15) is 4.79 Å². The van der Waals surface area contributed by atoms with Crippen molar-refractivity contribution in [1.29, 1.82) is 0 Å². The van der Waals surface area contributed by atoms with Gasteiger partial charge in [-0.15, -0.1) is 0 Å². The molecule has 17 heavy (non-hydrogen) atoms. The second kappa shape index (κ2) is 3.51. The number of benzene rings is 1. The Hall–Kier alpha value is -1.99. The average molecular weight is 224 g/mol. The summed E-state index contributed by atoms with van der Waals surface area (Å²) in [5.41, 5.74) is 1.97. The SMILES string of the molecule is Cc1cncc2cc(C3(N=C=O)CC3)ccc12. The Labute approximate surface area is 99.2 Å². The number of fused-ring (bicyclic) bond motifs is 1. The molecule has 1 heterocycles. The highest BCUT2D eigenvalue weighted by atomic mass is 16.1. The highest BCUT2D eigenvalue weighted by Crippen LogP contribution is 2.49. The molecule has 3 rings (SSSR count). The molecule has 1 fully saturated rings. The Kier molecular flexibility index (Phi) is 2.10. The van der Waals surface area contributed by atoms with Gasteiger partial charge >= 0.3 is 0 Å². The summed E-state index contributed by atoms with van der Waals surface area (Å²) in [6.45, 7) is 2.05. The lowest BCUT2D eigenvalue weighted by molar-refractivity contribution is 0.556. The van der Waals surface area contributed by atoms with Crippen molar-refractivity contribution in [2.75, 3.05) is 0 Å². The van der Waals surface area contributed by atoms with Crippen molar-refractivity contribution < 1.29 is 4.79 Å². The first kappa shape index (κ1) is 10.2. The molecule has 0 saturated heterocycles. The van der Waals surface area contributed by atoms with E-state index in [2.05, 4.69) is 28.2 Å². The molecule has 0 N–H and O–H groups in total. The van der Waals surface area contributed by atoms with Gasteiger partial charge in [0.05, 0.1) is 5.54 Å². The Morgan fingerprint density at radius 2 is 2.18 bits per heavy atom. The Bertz CT molecular complexity index is 638. The van der Waals surface area contributed by atoms with Crippen LogP contribution in [0.15, 0.2) is 35.6 Å². The standard InChI is InChI=1S/C14H12N2O/c1-10-7-15-8-11-6-12(2-3-13(10)11)14(4-5-14)16-9-17/h2-3,6-8H,4-5H2,1H3. The first-order valence-electron chi connectivity index (χ1n) is 5.69. The molecule has 84 valence electrons. The summed E-state index contributed by atoms with van der Waals surface area (Å²) in [6, 6.07) is 6.23. The molecule has 3 nitrogen and oxygen atoms in total. The highest BCUT2D eigenvalue weighted by Gasteiger charge is 2.44. The van der Waals surface area contributed by atoms with Gasteiger partial charge in [-0.25, -0.2) is 4.79 Å². The van der Waals surface area contributed by atoms with E-state index >= 15 is 0 Å². The third-order valence-corrected chi connectivity index (χ3v) is 3.48. The van der Waals surface area contributed by atoms with Crippen LogP contribution in [0.2, 0.25) is 0 Å². The topological polar surface area (TPSA) is 42.3 Å². The first-order valence-corrected chi connectivity index (χ1v) is 5.69. The largest absolute Gasteiger partial charge is 0.264 e. The molecular weight excluding hydrogens is 212 g/mol. The molecule has 0 atom stereocenters. The number of hydrogen-bond acceptors (Lipinski definition) is 3. The summed E-state index contributed by atoms with van der Waals surface area (Å²) < 4.78 is 0. The molecule has 2 aromatic rings. The molecule has 0 aliphatic heterocycles. The number of isocyanates is 1. The number of hydrogen-bond donors (Lipinski definition) is 0. The Morgan fingerprint density at radius 1 is 1.35 bits per heavy atom. The zero-order chi connectivity index (χ0) is 11.9. The minimum Gasteiger partial charge on any atom is -0.264 e. The van der Waals surface area contributed by atoms with Crippen molar-refractivity contribution in [3.8, 4) is 0 Å². The van der Waals surface area contributed by atoms with Crippen LogP contribution in [0.25, 0.3) is 10.8 Å². The van der Waals surface area contributed by atoms with Gasteiger partial charge in [0.25, 0.3) is 0 Å². The van der Waals surface area contributed by atoms with Gasteiger partial charge in [-0.05, 0) is 42.3 Å². The van der Waals surface area contributed by atoms with Gasteiger partial charge < -0.3 is 0 Å². The van der Waals surface area contributed by atoms with Gasteiger partial charge in [0.1, 0.15) is 0 Å². The van der Waals surface area contributed by atoms with Crippen molar-refractivity contribution in [2.24, 2.45) is 4.99 Å². The molecule has 0 amide bonds. The van der Waals surface area contributed by atoms with E-state index in [4.69, 9.17) is 0 Å². The zero-order valence-corrected chi connectivity index (χ0v) is 9.60. The fourth-order valence-corrected chi connectivity index (χ4v) is 2.29. The van der Waals surface area contributed by atoms with Crippen molar-refractivity contribution in [3.63, 3.8) is 0 Å². The number of aryl methyl sites for hydroxylation is 1. The Balaban J connectivity index is 2.18. The van der Waals surface area contributed by atoms with Crippen molar-refractivity contribution in [3.05, 3.63) is 41.7 Å². The molecule has 1 aliphatic carbocycles. The maximum absolute atomic E-state index is 10.4. The van der Waals surface area contributed by atoms with E-state index < -0.39 is 0 Å². The summed E-state index contributed by atoms with van der Waals surface area (Å²) in [4.78, 5) is 18.6. The molecule has 0 unspecified atom stereocenters. The summed E-state index contributed by atoms with van der Waals surface area (Å²) in [5.74, 6) is 0. The normalized spacial score (nSPS) is 16.5. The molecule has 3 heteroatoms. The van der Waals surface area contributed by atoms with Crippen LogP contribution in [0.1, 0.15) is 24.0 Å². The fraction of sp³-hybridized carbons (Fsp3) is 0.286. The number of rotatable bonds is 2. The van der Waals surface area contributed by atoms with E-state index in [-0.39, 0.29) is 5.54 Å². The maximum atomic E-state index is 10.4. The number of pyridine rings is 1. The van der Waals surface area contributed by atoms with Gasteiger partial charge in [0, 0.05) is 17.8 Å². The minimum atomic E-state index is -0.292. The van der Waals surface area contributed by atoms with Gasteiger partial charge in [-0.3, -0.25) is 4.98 Å². The fourth-order valence-electron chi connectivity index (χ4n) is 2.29. The summed E-state index contributed by atoms with van der Waals surface area (Å²) in [6.07, 6.45) is 7.28. The predicted octanol–water partition coefficient (Wildman–Crippen LogP) is 2.87. The number of aromatic nitrogens is 1. The number of nitrogens with zero attached hydrogens (tertiary/aromatic N) is 2. The number of carbonyl (C=O) groups excluding carboxylic acids is 1. The molecule has 1 aromatic carbocycles. The average Bonchev–Trinajstić information content (AvgIpc) is 3.11. The molecule has 0 radical (unpaired) electrons. The van der Waals surface area contributed by atoms with Gasteiger partial charge in [0.2, 0.25) is 6.08 Å². The third kappa shape index (κ3) is 1.56. The monoisotopic (exact) mass is 224 g/mol. The van der Waals surface area contributed by atoms with Crippen LogP contribution in [-0.2, 0) is 10.3 Å². The second-order valence-electron chi connectivity index (χ2n) is 4.63. The van der Waals surface area contributed by atoms with Crippen molar-refractivity contribution in [2.45, 2.75) is 25.3 Å². The lowest BCUT2D eigenvalue weighted by Crippen LogP contribution is -2.01. The Morgan fingerprint density at radius 3 is 2.88 bits per heavy atom. The maximum Gasteiger partial charge on any atom is 0.235 e. The molecule has 1 saturated carbocycles. The second-order valence-corrected chi connectivity index (χ2v) is 4.63. The summed E-state index contributed by atoms with van der Waals surface area (Å²) >= 11 is 0. The lowest BCUT2D eigenvalue weighted by Gasteiger charge is -2.10. The zero-order valence-electron chi connectivity index (χ0n) is 9.60. The van der Waals surface area contributed by atoms with Crippen LogP contribution in [0.3, 0.4) is 0 Å². The van der Waals surface area contributed by atoms with Crippen LogP contribution in [-0.4, -0.2) is 11.1 Å². The van der Waals surface area contributed by atoms with E-state index in [0.717, 1.165) is 29.4 Å². The lowest BCUT2D eigenvalue weighted by atomic mass is 10.00. The van der Waals surface area contributed by atoms with E-state index in [1.807, 2.05) is 19.3 Å². The predicted molar refractivity (Wildman–Crippen MR) is 65.5 cm³/mol. The van der Waals surface area contributed by atoms with E-state index in [0.29, 0.717) is 0 Å². The van der Waals surface area contributed by atoms with E-state index in [1.54, 1.807) is 6.08 Å². The van der Waals surface area contributed by atoms with E-state index in [1.165, 1.54) is 5.39 Å². The van der Waals surface area contributed by atoms with Crippen LogP contribution >= 0.6 is 0 Å². The third-order valence-electron chi connectivity index (χ3n) is 3.48. The molecular formula is C14H12N2O. The van der Waals surface area contributed by atoms with Gasteiger partial charge in [0.15, 0.2) is 0 Å². The van der Waals surface area contributed by atoms with Crippen LogP contribution in [0.5, 0.6) is 0 Å². The smallest absolute Gasteiger partial charge is 0.235 e.